The molecule has 0 spiro atoms. The van der Waals surface area contributed by atoms with E-state index in [-0.39, 0.29) is 11.4 Å². The molecular weight excluding hydrogens is 291 g/mol. The Morgan fingerprint density at radius 1 is 1.00 bits per heavy atom. The molecule has 0 unspecified atom stereocenters. The predicted molar refractivity (Wildman–Crippen MR) is 91.0 cm³/mol. The molecule has 0 amide bonds. The largest absolute Gasteiger partial charge is 0.366 e. The van der Waals surface area contributed by atoms with Gasteiger partial charge >= 0.3 is 0 Å². The van der Waals surface area contributed by atoms with Gasteiger partial charge in [0.05, 0.1) is 17.6 Å². The molecule has 1 aliphatic heterocycles. The lowest BCUT2D eigenvalue weighted by Gasteiger charge is -2.43. The number of anilines is 1. The maximum atomic E-state index is 13.2. The van der Waals surface area contributed by atoms with E-state index in [1.165, 1.54) is 12.1 Å². The molecule has 0 atom stereocenters. The van der Waals surface area contributed by atoms with Crippen molar-refractivity contribution in [2.24, 2.45) is 0 Å². The Kier molecular flexibility index (Phi) is 4.31. The average molecular weight is 314 g/mol. The van der Waals surface area contributed by atoms with Crippen LogP contribution in [0.4, 0.5) is 10.1 Å². The van der Waals surface area contributed by atoms with Crippen LogP contribution in [0.15, 0.2) is 36.8 Å². The topological polar surface area (TPSA) is 32.3 Å². The lowest BCUT2D eigenvalue weighted by atomic mass is 10.0. The number of aromatic nitrogens is 2. The first kappa shape index (κ1) is 15.9. The minimum absolute atomic E-state index is 0.194. The van der Waals surface area contributed by atoms with Crippen molar-refractivity contribution >= 4 is 5.69 Å². The van der Waals surface area contributed by atoms with E-state index < -0.39 is 0 Å². The van der Waals surface area contributed by atoms with Crippen LogP contribution in [0.5, 0.6) is 0 Å². The first-order valence-electron chi connectivity index (χ1n) is 8.01. The first-order valence-corrected chi connectivity index (χ1v) is 8.01. The molecular formula is C18H23FN4. The average Bonchev–Trinajstić information content (AvgIpc) is 2.55. The zero-order chi connectivity index (χ0) is 16.4. The monoisotopic (exact) mass is 314 g/mol. The van der Waals surface area contributed by atoms with Gasteiger partial charge in [-0.25, -0.2) is 14.4 Å². The fourth-order valence-electron chi connectivity index (χ4n) is 3.00. The lowest BCUT2D eigenvalue weighted by Crippen LogP contribution is -2.53. The number of halogens is 1. The van der Waals surface area contributed by atoms with Gasteiger partial charge in [0.2, 0.25) is 0 Å². The Morgan fingerprint density at radius 2 is 1.65 bits per heavy atom. The van der Waals surface area contributed by atoms with Crippen LogP contribution >= 0.6 is 0 Å². The minimum atomic E-state index is -0.233. The molecule has 3 rings (SSSR count). The summed E-state index contributed by atoms with van der Waals surface area (Å²) in [7, 11) is 0. The molecule has 0 radical (unpaired) electrons. The maximum absolute atomic E-state index is 13.2. The molecule has 1 aromatic heterocycles. The van der Waals surface area contributed by atoms with Crippen molar-refractivity contribution in [1.82, 2.24) is 14.9 Å². The first-order chi connectivity index (χ1) is 10.9. The van der Waals surface area contributed by atoms with Crippen molar-refractivity contribution in [1.29, 1.82) is 0 Å². The van der Waals surface area contributed by atoms with Gasteiger partial charge in [0.25, 0.3) is 0 Å². The number of hydrogen-bond acceptors (Lipinski definition) is 4. The molecule has 2 aromatic rings. The highest BCUT2D eigenvalue weighted by Gasteiger charge is 2.27. The fraction of sp³-hybridized carbons (Fsp3) is 0.444. The maximum Gasteiger partial charge on any atom is 0.123 e. The molecule has 1 saturated heterocycles. The van der Waals surface area contributed by atoms with Crippen LogP contribution in [0.25, 0.3) is 11.3 Å². The summed E-state index contributed by atoms with van der Waals surface area (Å²) < 4.78 is 13.2. The van der Waals surface area contributed by atoms with Crippen LogP contribution in [0.1, 0.15) is 20.8 Å². The van der Waals surface area contributed by atoms with Gasteiger partial charge in [-0.3, -0.25) is 4.90 Å². The summed E-state index contributed by atoms with van der Waals surface area (Å²) >= 11 is 0. The smallest absolute Gasteiger partial charge is 0.123 e. The molecule has 0 N–H and O–H groups in total. The second-order valence-corrected chi connectivity index (χ2v) is 6.91. The molecule has 4 nitrogen and oxygen atoms in total. The Bertz CT molecular complexity index is 655. The highest BCUT2D eigenvalue weighted by atomic mass is 19.1. The van der Waals surface area contributed by atoms with E-state index in [1.54, 1.807) is 18.5 Å². The summed E-state index contributed by atoms with van der Waals surface area (Å²) in [6, 6.07) is 6.48. The number of benzene rings is 1. The highest BCUT2D eigenvalue weighted by molar-refractivity contribution is 5.74. The van der Waals surface area contributed by atoms with Crippen molar-refractivity contribution in [3.05, 3.63) is 42.6 Å². The summed E-state index contributed by atoms with van der Waals surface area (Å²) in [5.74, 6) is -0.233. The van der Waals surface area contributed by atoms with Crippen LogP contribution in [-0.4, -0.2) is 46.6 Å². The van der Waals surface area contributed by atoms with Crippen LogP contribution in [0.3, 0.4) is 0 Å². The lowest BCUT2D eigenvalue weighted by molar-refractivity contribution is 0.128. The summed E-state index contributed by atoms with van der Waals surface area (Å²) in [5.41, 5.74) is 3.00. The van der Waals surface area contributed by atoms with Gasteiger partial charge in [-0.15, -0.1) is 0 Å². The molecule has 23 heavy (non-hydrogen) atoms. The quantitative estimate of drug-likeness (QED) is 0.852. The van der Waals surface area contributed by atoms with E-state index >= 15 is 0 Å². The van der Waals surface area contributed by atoms with Gasteiger partial charge < -0.3 is 4.90 Å². The van der Waals surface area contributed by atoms with Gasteiger partial charge in [0.1, 0.15) is 12.1 Å². The number of piperazine rings is 1. The second-order valence-electron chi connectivity index (χ2n) is 6.91. The Balaban J connectivity index is 1.83. The molecule has 1 fully saturated rings. The third-order valence-electron chi connectivity index (χ3n) is 4.38. The van der Waals surface area contributed by atoms with Gasteiger partial charge in [0, 0.05) is 37.3 Å². The third-order valence-corrected chi connectivity index (χ3v) is 4.38. The van der Waals surface area contributed by atoms with Crippen molar-refractivity contribution < 1.29 is 4.39 Å². The highest BCUT2D eigenvalue weighted by Crippen LogP contribution is 2.29. The van der Waals surface area contributed by atoms with Gasteiger partial charge in [-0.1, -0.05) is 0 Å². The third kappa shape index (κ3) is 3.50. The Hall–Kier alpha value is -2.01. The number of hydrogen-bond donors (Lipinski definition) is 0. The van der Waals surface area contributed by atoms with Gasteiger partial charge in [-0.05, 0) is 45.0 Å². The zero-order valence-corrected chi connectivity index (χ0v) is 14.0. The SMILES string of the molecule is CC(C)(C)N1CCN(c2cncnc2-c2ccc(F)cc2)CC1. The van der Waals surface area contributed by atoms with Crippen molar-refractivity contribution in [3.63, 3.8) is 0 Å². The van der Waals surface area contributed by atoms with Crippen LogP contribution in [-0.2, 0) is 0 Å². The Labute approximate surface area is 137 Å². The summed E-state index contributed by atoms with van der Waals surface area (Å²) in [6.45, 7) is 10.7. The van der Waals surface area contributed by atoms with Crippen molar-refractivity contribution in [2.45, 2.75) is 26.3 Å². The van der Waals surface area contributed by atoms with Crippen molar-refractivity contribution in [2.75, 3.05) is 31.1 Å². The molecule has 0 bridgehead atoms. The Morgan fingerprint density at radius 3 is 2.26 bits per heavy atom. The van der Waals surface area contributed by atoms with Gasteiger partial charge in [0.15, 0.2) is 0 Å². The van der Waals surface area contributed by atoms with Crippen LogP contribution in [0, 0.1) is 5.82 Å². The zero-order valence-electron chi connectivity index (χ0n) is 14.0. The summed E-state index contributed by atoms with van der Waals surface area (Å²) in [6.07, 6.45) is 3.41. The summed E-state index contributed by atoms with van der Waals surface area (Å²) in [4.78, 5) is 13.4. The predicted octanol–water partition coefficient (Wildman–Crippen LogP) is 3.20. The standard InChI is InChI=1S/C18H23FN4/c1-18(2,3)23-10-8-22(9-11-23)16-12-20-13-21-17(16)14-4-6-15(19)7-5-14/h4-7,12-13H,8-11H2,1-3H3. The minimum Gasteiger partial charge on any atom is -0.366 e. The number of nitrogens with zero attached hydrogens (tertiary/aromatic N) is 4. The second kappa shape index (κ2) is 6.24. The van der Waals surface area contributed by atoms with E-state index in [0.29, 0.717) is 0 Å². The van der Waals surface area contributed by atoms with E-state index in [9.17, 15) is 4.39 Å². The molecule has 1 aromatic carbocycles. The molecule has 122 valence electrons. The van der Waals surface area contributed by atoms with E-state index in [4.69, 9.17) is 0 Å². The van der Waals surface area contributed by atoms with E-state index in [2.05, 4.69) is 40.5 Å². The fourth-order valence-corrected chi connectivity index (χ4v) is 3.00. The summed E-state index contributed by atoms with van der Waals surface area (Å²) in [5, 5.41) is 0. The molecule has 1 aliphatic rings. The normalized spacial score (nSPS) is 16.6. The van der Waals surface area contributed by atoms with E-state index in [1.807, 2.05) is 6.20 Å². The van der Waals surface area contributed by atoms with Crippen LogP contribution < -0.4 is 4.90 Å². The molecule has 5 heteroatoms. The molecule has 2 heterocycles. The van der Waals surface area contributed by atoms with E-state index in [0.717, 1.165) is 43.1 Å². The van der Waals surface area contributed by atoms with Gasteiger partial charge in [-0.2, -0.15) is 0 Å². The molecule has 0 aliphatic carbocycles. The van der Waals surface area contributed by atoms with Crippen molar-refractivity contribution in [3.8, 4) is 11.3 Å². The number of rotatable bonds is 2. The van der Waals surface area contributed by atoms with Crippen LogP contribution in [0.2, 0.25) is 0 Å². The molecule has 0 saturated carbocycles.